The van der Waals surface area contributed by atoms with Crippen LogP contribution in [-0.4, -0.2) is 109 Å². The minimum absolute atomic E-state index is 0.329. The molecule has 27 heteroatoms. The fourth-order valence-electron chi connectivity index (χ4n) is 9.37. The molecule has 20 nitrogen and oxygen atoms in total. The van der Waals surface area contributed by atoms with Gasteiger partial charge >= 0.3 is 21.1 Å². The average molecular weight is 1320 g/mol. The van der Waals surface area contributed by atoms with Gasteiger partial charge in [0.15, 0.2) is 16.9 Å². The summed E-state index contributed by atoms with van der Waals surface area (Å²) in [6, 6.07) is 28.0. The van der Waals surface area contributed by atoms with Crippen LogP contribution in [0.15, 0.2) is 112 Å². The van der Waals surface area contributed by atoms with Crippen molar-refractivity contribution in [2.24, 2.45) is 21.1 Å². The normalized spacial score (nSPS) is 17.1. The van der Waals surface area contributed by atoms with Gasteiger partial charge < -0.3 is 27.9 Å². The fourth-order valence-corrected chi connectivity index (χ4v) is 11.2. The van der Waals surface area contributed by atoms with E-state index in [1.54, 1.807) is 75.3 Å². The van der Waals surface area contributed by atoms with Crippen molar-refractivity contribution in [2.75, 3.05) is 0 Å². The van der Waals surface area contributed by atoms with Gasteiger partial charge in [-0.05, 0) is 146 Å². The van der Waals surface area contributed by atoms with Crippen LogP contribution in [0.3, 0.4) is 0 Å². The molecule has 0 unspecified atom stereocenters. The number of benzene rings is 2. The Labute approximate surface area is 540 Å². The highest BCUT2D eigenvalue weighted by molar-refractivity contribution is 9.10. The van der Waals surface area contributed by atoms with Crippen molar-refractivity contribution in [3.63, 3.8) is 0 Å². The summed E-state index contributed by atoms with van der Waals surface area (Å²) in [5.74, 6) is 0.567. The van der Waals surface area contributed by atoms with Crippen LogP contribution in [0.1, 0.15) is 117 Å². The lowest BCUT2D eigenvalue weighted by molar-refractivity contribution is 0.00578. The number of hydrogen-bond acceptors (Lipinski definition) is 19. The summed E-state index contributed by atoms with van der Waals surface area (Å²) in [5.41, 5.74) is 13.1. The molecule has 3 aliphatic rings. The predicted octanol–water partition coefficient (Wildman–Crippen LogP) is 12.1. The zero-order chi connectivity index (χ0) is 64.4. The van der Waals surface area contributed by atoms with Crippen molar-refractivity contribution in [1.82, 2.24) is 54.3 Å². The van der Waals surface area contributed by atoms with Crippen molar-refractivity contribution in [1.29, 1.82) is 15.8 Å². The molecule has 8 aromatic heterocycles. The lowest BCUT2D eigenvalue weighted by Crippen LogP contribution is -2.41. The van der Waals surface area contributed by atoms with E-state index in [9.17, 15) is 10.5 Å². The van der Waals surface area contributed by atoms with E-state index in [2.05, 4.69) is 92.5 Å². The van der Waals surface area contributed by atoms with E-state index in [1.165, 1.54) is 5.56 Å². The molecule has 89 heavy (non-hydrogen) atoms. The molecule has 3 aliphatic heterocycles. The van der Waals surface area contributed by atoms with E-state index in [0.29, 0.717) is 34.3 Å². The van der Waals surface area contributed by atoms with Crippen LogP contribution in [0.5, 0.6) is 0 Å². The number of thiazole rings is 2. The smallest absolute Gasteiger partial charge is 0.405 e. The number of alkyl halides is 1. The van der Waals surface area contributed by atoms with Gasteiger partial charge in [0.1, 0.15) is 35.3 Å². The van der Waals surface area contributed by atoms with Gasteiger partial charge in [-0.1, -0.05) is 48.5 Å². The Morgan fingerprint density at radius 2 is 0.876 bits per heavy atom. The molecule has 0 spiro atoms. The molecular formula is C62H67B3BrClN14O6S2. The second-order valence-corrected chi connectivity index (χ2v) is 27.0. The molecule has 0 aliphatic carbocycles. The lowest BCUT2D eigenvalue weighted by atomic mass is 9.49. The minimum Gasteiger partial charge on any atom is -0.405 e. The van der Waals surface area contributed by atoms with Crippen LogP contribution in [0.25, 0.3) is 55.6 Å². The largest absolute Gasteiger partial charge is 0.495 e. The van der Waals surface area contributed by atoms with Crippen LogP contribution in [-0.2, 0) is 61.4 Å². The molecule has 0 saturated carbocycles. The van der Waals surface area contributed by atoms with E-state index in [1.807, 2.05) is 155 Å². The minimum atomic E-state index is -0.531. The number of hydrogen-bond donors (Lipinski definition) is 0. The maximum Gasteiger partial charge on any atom is 0.495 e. The van der Waals surface area contributed by atoms with Crippen LogP contribution in [0.4, 0.5) is 0 Å². The van der Waals surface area contributed by atoms with Gasteiger partial charge in [0.05, 0.1) is 80.0 Å². The van der Waals surface area contributed by atoms with Crippen LogP contribution in [0.2, 0.25) is 0 Å². The number of fused-ring (bicyclic) bond motifs is 3. The Morgan fingerprint density at radius 3 is 1.29 bits per heavy atom. The van der Waals surface area contributed by atoms with Gasteiger partial charge in [0, 0.05) is 64.2 Å². The first-order valence-electron chi connectivity index (χ1n) is 28.4. The molecule has 3 fully saturated rings. The standard InChI is InChI=1S/C18H13N5S.C14H17BN4O2.C12H24B2O4.C10H8ClNS.C8H5BrN4/c1-23-18-16(9-21-23)14(7-15(8-19)22-18)6-12-2-4-13(5-3-12)17-10-24-11-20-17;1-13(2)14(3,4)21-15(20-13)11-6-9(7-16)18-12-10(11)8-17-19(12)5;1-9(2)10(3,4)16-13(15-9)14-17-11(5,6)12(7,8)18-14;11-5-8-1-3-9(4-2-8)10-6-13-7-12-10;1-13-8-6(4-11-13)7(9)2-5(3-10)12-8/h2-5,7,9-11H,6H2,1H3;6,8H,1-5H3;1-8H3;1-4,6-7H,5H2;2,4H,1H3. The van der Waals surface area contributed by atoms with E-state index in [0.717, 1.165) is 71.8 Å². The zero-order valence-electron chi connectivity index (χ0n) is 52.3. The first-order chi connectivity index (χ1) is 42.0. The Morgan fingerprint density at radius 1 is 0.506 bits per heavy atom. The average Bonchev–Trinajstić information content (AvgIpc) is 2.02. The fraction of sp³-hybridized carbons (Fsp3) is 0.371. The van der Waals surface area contributed by atoms with Gasteiger partial charge in [-0.25, -0.2) is 24.9 Å². The maximum absolute atomic E-state index is 9.21. The SMILES string of the molecule is CC1(C)OB(B2OC(C)(C)C(C)(C)O2)OC1(C)C.ClCc1ccc(-c2cscn2)cc1.Cn1ncc2c(B3OC(C)(C)C(C)(C)O3)cc(C#N)nc21.Cn1ncc2c(Br)cc(C#N)nc21.Cn1ncc2c(Cc3ccc(-c4cscn4)cc3)cc(C#N)nc21. The van der Waals surface area contributed by atoms with Crippen molar-refractivity contribution in [3.8, 4) is 40.7 Å². The van der Waals surface area contributed by atoms with Crippen molar-refractivity contribution in [2.45, 2.75) is 129 Å². The summed E-state index contributed by atoms with van der Waals surface area (Å²) in [5, 5.41) is 46.4. The summed E-state index contributed by atoms with van der Waals surface area (Å²) >= 11 is 12.2. The van der Waals surface area contributed by atoms with E-state index in [4.69, 9.17) is 44.8 Å². The zero-order valence-corrected chi connectivity index (χ0v) is 56.3. The summed E-state index contributed by atoms with van der Waals surface area (Å²) in [7, 11) is 3.94. The first kappa shape index (κ1) is 66.2. The highest BCUT2D eigenvalue weighted by Gasteiger charge is 2.64. The highest BCUT2D eigenvalue weighted by Crippen LogP contribution is 2.43. The van der Waals surface area contributed by atoms with Gasteiger partial charge in [-0.2, -0.15) is 31.1 Å². The first-order valence-corrected chi connectivity index (χ1v) is 31.6. The molecule has 0 bridgehead atoms. The number of aryl methyl sites for hydroxylation is 3. The molecule has 456 valence electrons. The van der Waals surface area contributed by atoms with Crippen LogP contribution in [0, 0.1) is 34.0 Å². The third-order valence-corrected chi connectivity index (χ3v) is 18.8. The quantitative estimate of drug-likeness (QED) is 0.106. The van der Waals surface area contributed by atoms with Gasteiger partial charge in [-0.3, -0.25) is 14.0 Å². The molecule has 10 aromatic rings. The third kappa shape index (κ3) is 14.4. The Balaban J connectivity index is 0.000000135. The van der Waals surface area contributed by atoms with Crippen LogP contribution < -0.4 is 5.46 Å². The number of nitrogens with zero attached hydrogens (tertiary/aromatic N) is 14. The van der Waals surface area contributed by atoms with Gasteiger partial charge in [0.25, 0.3) is 0 Å². The monoisotopic (exact) mass is 1310 g/mol. The second-order valence-electron chi connectivity index (χ2n) is 24.4. The van der Waals surface area contributed by atoms with Crippen molar-refractivity contribution in [3.05, 3.63) is 145 Å². The summed E-state index contributed by atoms with van der Waals surface area (Å²) in [6.45, 7) is 24.2. The summed E-state index contributed by atoms with van der Waals surface area (Å²) in [4.78, 5) is 21.3. The molecule has 0 radical (unpaired) electrons. The number of rotatable bonds is 7. The molecule has 0 amide bonds. The van der Waals surface area contributed by atoms with E-state index >= 15 is 0 Å². The molecule has 11 heterocycles. The van der Waals surface area contributed by atoms with Crippen molar-refractivity contribution < 1.29 is 27.9 Å². The van der Waals surface area contributed by atoms with Crippen molar-refractivity contribution >= 4 is 110 Å². The number of aromatic nitrogens is 11. The van der Waals surface area contributed by atoms with Gasteiger partial charge in [-0.15, -0.1) is 34.3 Å². The molecule has 0 atom stereocenters. The molecular weight excluding hydrogens is 1250 g/mol. The summed E-state index contributed by atoms with van der Waals surface area (Å²) < 4.78 is 41.8. The number of halogens is 2. The summed E-state index contributed by atoms with van der Waals surface area (Å²) in [6.07, 6.45) is 5.98. The molecule has 2 aromatic carbocycles. The number of nitriles is 3. The lowest BCUT2D eigenvalue weighted by Gasteiger charge is -2.32. The second kappa shape index (κ2) is 26.3. The number of pyridine rings is 3. The maximum atomic E-state index is 9.21. The van der Waals surface area contributed by atoms with Crippen LogP contribution >= 0.6 is 50.2 Å². The van der Waals surface area contributed by atoms with E-state index in [-0.39, 0.29) is 22.4 Å². The Bertz CT molecular complexity index is 4190. The Kier molecular flexibility index (Phi) is 19.6. The van der Waals surface area contributed by atoms with E-state index < -0.39 is 32.3 Å². The third-order valence-electron chi connectivity index (χ3n) is 16.7. The molecule has 3 saturated heterocycles. The predicted molar refractivity (Wildman–Crippen MR) is 353 cm³/mol. The van der Waals surface area contributed by atoms with Gasteiger partial charge in [0.2, 0.25) is 0 Å². The Hall–Kier alpha value is -7.25. The topological polar surface area (TPSA) is 245 Å². The highest BCUT2D eigenvalue weighted by atomic mass is 79.9. The molecule has 0 N–H and O–H groups in total. The molecule has 13 rings (SSSR count).